The predicted molar refractivity (Wildman–Crippen MR) is 126 cm³/mol. The van der Waals surface area contributed by atoms with E-state index in [0.717, 1.165) is 14.9 Å². The van der Waals surface area contributed by atoms with E-state index in [0.29, 0.717) is 17.0 Å². The van der Waals surface area contributed by atoms with Gasteiger partial charge in [-0.15, -0.1) is 0 Å². The summed E-state index contributed by atoms with van der Waals surface area (Å²) in [5, 5.41) is 6.51. The van der Waals surface area contributed by atoms with Crippen molar-refractivity contribution in [3.8, 4) is 0 Å². The molecule has 0 aromatic heterocycles. The van der Waals surface area contributed by atoms with Gasteiger partial charge in [0.05, 0.1) is 23.9 Å². The van der Waals surface area contributed by atoms with Crippen LogP contribution in [0.3, 0.4) is 0 Å². The van der Waals surface area contributed by atoms with Gasteiger partial charge in [0.15, 0.2) is 0 Å². The Labute approximate surface area is 198 Å². The minimum atomic E-state index is -0.820. The van der Waals surface area contributed by atoms with E-state index < -0.39 is 24.0 Å². The van der Waals surface area contributed by atoms with Gasteiger partial charge in [-0.25, -0.2) is 14.1 Å². The van der Waals surface area contributed by atoms with Gasteiger partial charge in [0.2, 0.25) is 0 Å². The first-order valence-electron chi connectivity index (χ1n) is 10.5. The Morgan fingerprint density at radius 2 is 1.70 bits per heavy atom. The molecular formula is C25H19BrFN3O3. The van der Waals surface area contributed by atoms with Crippen molar-refractivity contribution >= 4 is 39.3 Å². The minimum absolute atomic E-state index is 0.164. The van der Waals surface area contributed by atoms with Gasteiger partial charge in [0.1, 0.15) is 18.5 Å². The Balaban J connectivity index is 1.67. The second-order valence-corrected chi connectivity index (χ2v) is 8.67. The second kappa shape index (κ2) is 8.78. The number of hydrogen-bond acceptors (Lipinski definition) is 5. The number of amides is 2. The van der Waals surface area contributed by atoms with Gasteiger partial charge >= 0.3 is 6.09 Å². The molecule has 3 aromatic carbocycles. The Morgan fingerprint density at radius 3 is 2.33 bits per heavy atom. The van der Waals surface area contributed by atoms with Gasteiger partial charge in [-0.1, -0.05) is 58.4 Å². The monoisotopic (exact) mass is 507 g/mol. The summed E-state index contributed by atoms with van der Waals surface area (Å²) in [5.41, 5.74) is 2.88. The van der Waals surface area contributed by atoms with E-state index in [2.05, 4.69) is 15.9 Å². The number of cyclic esters (lactones) is 1. The molecule has 2 amide bonds. The molecule has 1 saturated heterocycles. The molecule has 0 saturated carbocycles. The number of hydrogen-bond donors (Lipinski definition) is 0. The molecule has 5 rings (SSSR count). The van der Waals surface area contributed by atoms with E-state index >= 15 is 0 Å². The average molecular weight is 508 g/mol. The highest BCUT2D eigenvalue weighted by molar-refractivity contribution is 9.10. The summed E-state index contributed by atoms with van der Waals surface area (Å²) in [5.74, 6) is -1.23. The number of ether oxygens (including phenoxy) is 1. The highest BCUT2D eigenvalue weighted by atomic mass is 79.9. The van der Waals surface area contributed by atoms with Crippen LogP contribution in [0.4, 0.5) is 14.9 Å². The summed E-state index contributed by atoms with van der Waals surface area (Å²) < 4.78 is 19.6. The summed E-state index contributed by atoms with van der Waals surface area (Å²) in [4.78, 5) is 27.2. The zero-order valence-corrected chi connectivity index (χ0v) is 19.0. The zero-order valence-electron chi connectivity index (χ0n) is 17.4. The number of imide groups is 1. The van der Waals surface area contributed by atoms with Crippen LogP contribution in [0.2, 0.25) is 0 Å². The fourth-order valence-corrected chi connectivity index (χ4v) is 4.47. The van der Waals surface area contributed by atoms with Crippen molar-refractivity contribution < 1.29 is 18.7 Å². The summed E-state index contributed by atoms with van der Waals surface area (Å²) in [6, 6.07) is 22.2. The third-order valence-corrected chi connectivity index (χ3v) is 6.29. The highest BCUT2D eigenvalue weighted by Crippen LogP contribution is 2.39. The summed E-state index contributed by atoms with van der Waals surface area (Å²) in [7, 11) is 0. The third kappa shape index (κ3) is 4.02. The number of carbonyl (C=O) groups is 2. The number of carbonyl (C=O) groups excluding carboxylic acids is 2. The van der Waals surface area contributed by atoms with Crippen molar-refractivity contribution in [3.63, 3.8) is 0 Å². The first kappa shape index (κ1) is 21.3. The van der Waals surface area contributed by atoms with Crippen LogP contribution in [0, 0.1) is 5.82 Å². The third-order valence-electron chi connectivity index (χ3n) is 5.76. The lowest BCUT2D eigenvalue weighted by Gasteiger charge is -2.29. The van der Waals surface area contributed by atoms with Crippen LogP contribution in [-0.4, -0.2) is 41.8 Å². The maximum absolute atomic E-state index is 13.8. The largest absolute Gasteiger partial charge is 0.447 e. The number of anilines is 1. The zero-order chi connectivity index (χ0) is 22.9. The van der Waals surface area contributed by atoms with E-state index in [-0.39, 0.29) is 19.0 Å². The van der Waals surface area contributed by atoms with E-state index in [4.69, 9.17) is 9.84 Å². The smallest absolute Gasteiger partial charge is 0.416 e. The van der Waals surface area contributed by atoms with Crippen molar-refractivity contribution in [1.82, 2.24) is 4.90 Å². The SMILES string of the molecule is O=C1OCCN1C(=O)[C@H]1[C@H](c2ccccc2)C(c2ccc(F)cc2)=NN1c1ccc(Br)cc1. The maximum atomic E-state index is 13.8. The molecule has 0 unspecified atom stereocenters. The van der Waals surface area contributed by atoms with Gasteiger partial charge in [0.25, 0.3) is 5.91 Å². The molecule has 0 N–H and O–H groups in total. The molecule has 166 valence electrons. The number of nitrogens with zero attached hydrogens (tertiary/aromatic N) is 3. The van der Waals surface area contributed by atoms with E-state index in [1.54, 1.807) is 17.1 Å². The van der Waals surface area contributed by atoms with Crippen LogP contribution in [-0.2, 0) is 9.53 Å². The number of rotatable bonds is 4. The second-order valence-electron chi connectivity index (χ2n) is 7.75. The van der Waals surface area contributed by atoms with Crippen LogP contribution in [0.25, 0.3) is 0 Å². The standard InChI is InChI=1S/C25H19BrFN3O3/c26-18-8-12-20(13-9-18)30-23(24(31)29-14-15-33-25(29)32)21(16-4-2-1-3-5-16)22(28-30)17-6-10-19(27)11-7-17/h1-13,21,23H,14-15H2/t21-,23-/m1/s1. The Bertz CT molecular complexity index is 1220. The summed E-state index contributed by atoms with van der Waals surface area (Å²) in [6.07, 6.45) is -0.655. The molecule has 0 aliphatic carbocycles. The molecule has 6 nitrogen and oxygen atoms in total. The molecule has 33 heavy (non-hydrogen) atoms. The van der Waals surface area contributed by atoms with E-state index in [1.807, 2.05) is 54.6 Å². The van der Waals surface area contributed by atoms with E-state index in [9.17, 15) is 14.0 Å². The number of benzene rings is 3. The van der Waals surface area contributed by atoms with E-state index in [1.165, 1.54) is 12.1 Å². The Kier molecular flexibility index (Phi) is 5.68. The fraction of sp³-hybridized carbons (Fsp3) is 0.160. The molecular weight excluding hydrogens is 489 g/mol. The van der Waals surface area contributed by atoms with Gasteiger partial charge in [-0.05, 0) is 47.5 Å². The predicted octanol–water partition coefficient (Wildman–Crippen LogP) is 4.94. The summed E-state index contributed by atoms with van der Waals surface area (Å²) in [6.45, 7) is 0.354. The van der Waals surface area contributed by atoms with Gasteiger partial charge < -0.3 is 4.74 Å². The maximum Gasteiger partial charge on any atom is 0.416 e. The van der Waals surface area contributed by atoms with Crippen molar-refractivity contribution in [1.29, 1.82) is 0 Å². The quantitative estimate of drug-likeness (QED) is 0.501. The average Bonchev–Trinajstić information content (AvgIpc) is 3.44. The minimum Gasteiger partial charge on any atom is -0.447 e. The Hall–Kier alpha value is -3.52. The first-order chi connectivity index (χ1) is 16.0. The number of halogens is 2. The lowest BCUT2D eigenvalue weighted by Crippen LogP contribution is -2.48. The summed E-state index contributed by atoms with van der Waals surface area (Å²) >= 11 is 3.44. The molecule has 8 heteroatoms. The topological polar surface area (TPSA) is 62.2 Å². The first-order valence-corrected chi connectivity index (χ1v) is 11.2. The molecule has 2 heterocycles. The van der Waals surface area contributed by atoms with Crippen molar-refractivity contribution in [3.05, 3.63) is 100 Å². The Morgan fingerprint density at radius 1 is 1.00 bits per heavy atom. The lowest BCUT2D eigenvalue weighted by molar-refractivity contribution is -0.129. The van der Waals surface area contributed by atoms with Crippen molar-refractivity contribution in [2.24, 2.45) is 5.10 Å². The molecule has 0 radical (unpaired) electrons. The fourth-order valence-electron chi connectivity index (χ4n) is 4.20. The van der Waals surface area contributed by atoms with Gasteiger partial charge in [-0.2, -0.15) is 5.10 Å². The molecule has 1 fully saturated rings. The van der Waals surface area contributed by atoms with Crippen molar-refractivity contribution in [2.45, 2.75) is 12.0 Å². The normalized spacial score (nSPS) is 20.1. The van der Waals surface area contributed by atoms with Crippen LogP contribution in [0.5, 0.6) is 0 Å². The van der Waals surface area contributed by atoms with Crippen LogP contribution in [0.15, 0.2) is 88.4 Å². The van der Waals surface area contributed by atoms with Crippen LogP contribution in [0.1, 0.15) is 17.0 Å². The highest BCUT2D eigenvalue weighted by Gasteiger charge is 2.48. The molecule has 0 spiro atoms. The lowest BCUT2D eigenvalue weighted by atomic mass is 9.84. The molecule has 2 aliphatic rings. The molecule has 2 atom stereocenters. The van der Waals surface area contributed by atoms with Crippen LogP contribution < -0.4 is 5.01 Å². The molecule has 3 aromatic rings. The van der Waals surface area contributed by atoms with Gasteiger partial charge in [-0.3, -0.25) is 9.80 Å². The van der Waals surface area contributed by atoms with Gasteiger partial charge in [0, 0.05) is 4.47 Å². The van der Waals surface area contributed by atoms with Crippen LogP contribution >= 0.6 is 15.9 Å². The molecule has 2 aliphatic heterocycles. The van der Waals surface area contributed by atoms with Crippen molar-refractivity contribution in [2.75, 3.05) is 18.2 Å². The molecule has 0 bridgehead atoms. The number of hydrazone groups is 1.